The van der Waals surface area contributed by atoms with Gasteiger partial charge in [0, 0.05) is 37.9 Å². The second-order valence-corrected chi connectivity index (χ2v) is 5.48. The molecule has 6 nitrogen and oxygen atoms in total. The molecule has 138 valence electrons. The molecule has 2 amide bonds. The fourth-order valence-electron chi connectivity index (χ4n) is 2.29. The molecular formula is C16H21F3N4O2. The molecule has 9 heteroatoms. The van der Waals surface area contributed by atoms with Crippen LogP contribution in [0.15, 0.2) is 41.7 Å². The predicted molar refractivity (Wildman–Crippen MR) is 88.2 cm³/mol. The lowest BCUT2D eigenvalue weighted by molar-refractivity contribution is -0.184. The Labute approximate surface area is 143 Å². The summed E-state index contributed by atoms with van der Waals surface area (Å²) in [7, 11) is 2.54. The van der Waals surface area contributed by atoms with Crippen LogP contribution in [0.1, 0.15) is 6.92 Å². The normalized spacial score (nSPS) is 13.5. The molecule has 0 aromatic heterocycles. The zero-order valence-corrected chi connectivity index (χ0v) is 14.1. The summed E-state index contributed by atoms with van der Waals surface area (Å²) in [6, 6.07) is 8.58. The molecule has 0 heterocycles. The molecule has 0 fully saturated rings. The van der Waals surface area contributed by atoms with Crippen LogP contribution in [0.25, 0.3) is 0 Å². The third kappa shape index (κ3) is 5.70. The van der Waals surface area contributed by atoms with E-state index in [0.29, 0.717) is 10.6 Å². The number of halogens is 3. The van der Waals surface area contributed by atoms with Gasteiger partial charge in [0.1, 0.15) is 5.70 Å². The van der Waals surface area contributed by atoms with E-state index in [4.69, 9.17) is 5.73 Å². The van der Waals surface area contributed by atoms with E-state index in [9.17, 15) is 22.8 Å². The van der Waals surface area contributed by atoms with Crippen molar-refractivity contribution in [1.29, 1.82) is 0 Å². The summed E-state index contributed by atoms with van der Waals surface area (Å²) in [6.45, 7) is 1.31. The number of carbonyl (C=O) groups excluding carboxylic acids is 2. The number of hydrogen-bond acceptors (Lipinski definition) is 4. The number of hydrogen-bond donors (Lipinski definition) is 3. The van der Waals surface area contributed by atoms with Gasteiger partial charge in [0.05, 0.1) is 0 Å². The molecule has 1 aromatic rings. The monoisotopic (exact) mass is 358 g/mol. The van der Waals surface area contributed by atoms with Crippen molar-refractivity contribution in [2.75, 3.05) is 26.0 Å². The molecule has 1 aromatic carbocycles. The number of alkyl halides is 3. The average Bonchev–Trinajstić information content (AvgIpc) is 2.54. The van der Waals surface area contributed by atoms with Crippen molar-refractivity contribution < 1.29 is 22.8 Å². The number of para-hydroxylation sites is 1. The van der Waals surface area contributed by atoms with Crippen LogP contribution in [0.3, 0.4) is 0 Å². The Kier molecular flexibility index (Phi) is 6.84. The van der Waals surface area contributed by atoms with E-state index in [0.717, 1.165) is 7.05 Å². The summed E-state index contributed by atoms with van der Waals surface area (Å²) in [5.74, 6) is -3.16. The second-order valence-electron chi connectivity index (χ2n) is 5.48. The van der Waals surface area contributed by atoms with Crippen LogP contribution in [-0.2, 0) is 9.59 Å². The number of carbonyl (C=O) groups is 2. The van der Waals surface area contributed by atoms with Gasteiger partial charge < -0.3 is 21.3 Å². The van der Waals surface area contributed by atoms with Crippen molar-refractivity contribution in [2.24, 2.45) is 11.7 Å². The van der Waals surface area contributed by atoms with Gasteiger partial charge in [-0.25, -0.2) is 0 Å². The zero-order valence-electron chi connectivity index (χ0n) is 14.1. The Morgan fingerprint density at radius 1 is 1.24 bits per heavy atom. The van der Waals surface area contributed by atoms with Crippen LogP contribution < -0.4 is 16.4 Å². The summed E-state index contributed by atoms with van der Waals surface area (Å²) in [5.41, 5.74) is 6.45. The number of nitrogens with zero attached hydrogens (tertiary/aromatic N) is 1. The van der Waals surface area contributed by atoms with E-state index in [-0.39, 0.29) is 17.9 Å². The van der Waals surface area contributed by atoms with Crippen molar-refractivity contribution in [3.8, 4) is 0 Å². The highest BCUT2D eigenvalue weighted by molar-refractivity contribution is 6.03. The SMILES string of the molecule is CNC(=C(N)C(=O)Nc1ccccc1)C(C)CN(C)C(=O)C(F)(F)F. The highest BCUT2D eigenvalue weighted by Crippen LogP contribution is 2.20. The van der Waals surface area contributed by atoms with Crippen LogP contribution in [0.5, 0.6) is 0 Å². The lowest BCUT2D eigenvalue weighted by Gasteiger charge is -2.25. The molecule has 1 atom stereocenters. The lowest BCUT2D eigenvalue weighted by Crippen LogP contribution is -2.42. The molecule has 0 aliphatic rings. The van der Waals surface area contributed by atoms with E-state index < -0.39 is 23.9 Å². The molecule has 4 N–H and O–H groups in total. The molecular weight excluding hydrogens is 337 g/mol. The Bertz CT molecular complexity index is 645. The van der Waals surface area contributed by atoms with Crippen molar-refractivity contribution in [2.45, 2.75) is 13.1 Å². The Morgan fingerprint density at radius 2 is 1.80 bits per heavy atom. The Morgan fingerprint density at radius 3 is 2.28 bits per heavy atom. The number of anilines is 1. The number of rotatable bonds is 6. The molecule has 0 saturated heterocycles. The Hall–Kier alpha value is -2.71. The van der Waals surface area contributed by atoms with Crippen molar-refractivity contribution in [3.05, 3.63) is 41.7 Å². The van der Waals surface area contributed by atoms with Crippen LogP contribution in [0.4, 0.5) is 18.9 Å². The summed E-state index contributed by atoms with van der Waals surface area (Å²) < 4.78 is 37.4. The summed E-state index contributed by atoms with van der Waals surface area (Å²) in [4.78, 5) is 24.0. The number of benzene rings is 1. The molecule has 0 radical (unpaired) electrons. The molecule has 1 rings (SSSR count). The van der Waals surface area contributed by atoms with Gasteiger partial charge >= 0.3 is 12.1 Å². The standard InChI is InChI=1S/C16H21F3N4O2/c1-10(9-23(3)15(25)16(17,18)19)13(21-2)12(20)14(24)22-11-7-5-4-6-8-11/h4-8,10,21H,9,20H2,1-3H3,(H,22,24). The third-order valence-electron chi connectivity index (χ3n) is 3.47. The first-order valence-electron chi connectivity index (χ1n) is 7.44. The molecule has 0 saturated carbocycles. The van der Waals surface area contributed by atoms with Gasteiger partial charge in [0.2, 0.25) is 0 Å². The molecule has 0 aliphatic carbocycles. The number of amides is 2. The minimum Gasteiger partial charge on any atom is -0.393 e. The highest BCUT2D eigenvalue weighted by Gasteiger charge is 2.41. The summed E-state index contributed by atoms with van der Waals surface area (Å²) >= 11 is 0. The molecule has 0 spiro atoms. The van der Waals surface area contributed by atoms with Crippen molar-refractivity contribution >= 4 is 17.5 Å². The highest BCUT2D eigenvalue weighted by atomic mass is 19.4. The Balaban J connectivity index is 2.88. The summed E-state index contributed by atoms with van der Waals surface area (Å²) in [5, 5.41) is 5.32. The van der Waals surface area contributed by atoms with E-state index in [1.165, 1.54) is 7.05 Å². The fourth-order valence-corrected chi connectivity index (χ4v) is 2.29. The van der Waals surface area contributed by atoms with Gasteiger partial charge in [0.25, 0.3) is 5.91 Å². The quantitative estimate of drug-likeness (QED) is 0.675. The molecule has 0 bridgehead atoms. The van der Waals surface area contributed by atoms with Gasteiger partial charge in [-0.15, -0.1) is 0 Å². The maximum atomic E-state index is 12.5. The van der Waals surface area contributed by atoms with Crippen LogP contribution in [-0.4, -0.2) is 43.5 Å². The number of nitrogens with one attached hydrogen (secondary N) is 2. The van der Waals surface area contributed by atoms with E-state index >= 15 is 0 Å². The number of nitrogens with two attached hydrogens (primary N) is 1. The fraction of sp³-hybridized carbons (Fsp3) is 0.375. The molecule has 1 unspecified atom stereocenters. The van der Waals surface area contributed by atoms with Gasteiger partial charge in [-0.05, 0) is 12.1 Å². The average molecular weight is 358 g/mol. The minimum atomic E-state index is -4.95. The molecule has 0 aliphatic heterocycles. The van der Waals surface area contributed by atoms with Crippen molar-refractivity contribution in [1.82, 2.24) is 10.2 Å². The molecule has 25 heavy (non-hydrogen) atoms. The van der Waals surface area contributed by atoms with Gasteiger partial charge in [-0.3, -0.25) is 9.59 Å². The minimum absolute atomic E-state index is 0.160. The first-order chi connectivity index (χ1) is 11.6. The lowest BCUT2D eigenvalue weighted by atomic mass is 10.0. The predicted octanol–water partition coefficient (Wildman–Crippen LogP) is 1.67. The van der Waals surface area contributed by atoms with Crippen molar-refractivity contribution in [3.63, 3.8) is 0 Å². The van der Waals surface area contributed by atoms with Gasteiger partial charge in [-0.2, -0.15) is 13.2 Å². The second kappa shape index (κ2) is 8.41. The van der Waals surface area contributed by atoms with E-state index in [2.05, 4.69) is 10.6 Å². The van der Waals surface area contributed by atoms with Gasteiger partial charge in [-0.1, -0.05) is 25.1 Å². The summed E-state index contributed by atoms with van der Waals surface area (Å²) in [6.07, 6.45) is -4.95. The maximum Gasteiger partial charge on any atom is 0.471 e. The van der Waals surface area contributed by atoms with Gasteiger partial charge in [0.15, 0.2) is 0 Å². The topological polar surface area (TPSA) is 87.5 Å². The largest absolute Gasteiger partial charge is 0.471 e. The van der Waals surface area contributed by atoms with Crippen LogP contribution in [0, 0.1) is 5.92 Å². The smallest absolute Gasteiger partial charge is 0.393 e. The van der Waals surface area contributed by atoms with E-state index in [1.54, 1.807) is 37.3 Å². The van der Waals surface area contributed by atoms with Crippen LogP contribution in [0.2, 0.25) is 0 Å². The zero-order chi connectivity index (χ0) is 19.2. The van der Waals surface area contributed by atoms with Crippen LogP contribution >= 0.6 is 0 Å². The maximum absolute atomic E-state index is 12.5. The third-order valence-corrected chi connectivity index (χ3v) is 3.47. The van der Waals surface area contributed by atoms with E-state index in [1.807, 2.05) is 0 Å². The first kappa shape index (κ1) is 20.3. The first-order valence-corrected chi connectivity index (χ1v) is 7.44.